The lowest BCUT2D eigenvalue weighted by Gasteiger charge is -2.06. The fraction of sp³-hybridized carbons (Fsp3) is 0.250. The zero-order valence-electron chi connectivity index (χ0n) is 6.79. The van der Waals surface area contributed by atoms with Gasteiger partial charge in [-0.05, 0) is 5.56 Å². The highest BCUT2D eigenvalue weighted by Gasteiger charge is 2.19. The van der Waals surface area contributed by atoms with E-state index in [9.17, 15) is 8.42 Å². The molecule has 0 aromatic heterocycles. The van der Waals surface area contributed by atoms with Gasteiger partial charge in [0, 0.05) is 6.42 Å². The summed E-state index contributed by atoms with van der Waals surface area (Å²) >= 11 is 0. The number of benzene rings is 1. The van der Waals surface area contributed by atoms with Gasteiger partial charge in [-0.25, -0.2) is 0 Å². The van der Waals surface area contributed by atoms with Crippen LogP contribution in [0, 0.1) is 0 Å². The summed E-state index contributed by atoms with van der Waals surface area (Å²) in [7, 11) is -4.35. The Kier molecular flexibility index (Phi) is 3.02. The first-order valence-electron chi connectivity index (χ1n) is 3.68. The second-order valence-corrected chi connectivity index (χ2v) is 4.23. The van der Waals surface area contributed by atoms with E-state index in [1.807, 2.05) is 0 Å². The minimum atomic E-state index is -4.35. The maximum atomic E-state index is 10.4. The molecule has 1 aromatic carbocycles. The molecule has 72 valence electrons. The van der Waals surface area contributed by atoms with Crippen LogP contribution in [-0.2, 0) is 16.5 Å². The molecule has 5 heteroatoms. The van der Waals surface area contributed by atoms with Crippen LogP contribution in [-0.4, -0.2) is 23.5 Å². The van der Waals surface area contributed by atoms with Crippen LogP contribution in [0.15, 0.2) is 30.3 Å². The maximum absolute atomic E-state index is 10.4. The summed E-state index contributed by atoms with van der Waals surface area (Å²) in [4.78, 5) is 0. The second-order valence-electron chi connectivity index (χ2n) is 2.66. The number of aliphatic hydroxyl groups excluding tert-OH is 1. The average molecular weight is 202 g/mol. The second kappa shape index (κ2) is 3.87. The van der Waals surface area contributed by atoms with Gasteiger partial charge >= 0.3 is 0 Å². The predicted octanol–water partition coefficient (Wildman–Crippen LogP) is 0.435. The van der Waals surface area contributed by atoms with Crippen molar-refractivity contribution in [3.8, 4) is 0 Å². The molecule has 2 N–H and O–H groups in total. The first-order chi connectivity index (χ1) is 6.00. The normalized spacial score (nSPS) is 14.0. The average Bonchev–Trinajstić information content (AvgIpc) is 2.04. The monoisotopic (exact) mass is 202 g/mol. The van der Waals surface area contributed by atoms with Gasteiger partial charge < -0.3 is 5.11 Å². The Morgan fingerprint density at radius 2 is 1.77 bits per heavy atom. The molecule has 13 heavy (non-hydrogen) atoms. The Bertz CT molecular complexity index is 357. The van der Waals surface area contributed by atoms with E-state index in [1.54, 1.807) is 30.3 Å². The van der Waals surface area contributed by atoms with Crippen molar-refractivity contribution in [1.82, 2.24) is 0 Å². The lowest BCUT2D eigenvalue weighted by atomic mass is 10.2. The first-order valence-corrected chi connectivity index (χ1v) is 5.19. The van der Waals surface area contributed by atoms with E-state index in [4.69, 9.17) is 9.66 Å². The van der Waals surface area contributed by atoms with E-state index in [2.05, 4.69) is 0 Å². The number of hydrogen-bond acceptors (Lipinski definition) is 3. The molecule has 0 heterocycles. The lowest BCUT2D eigenvalue weighted by Crippen LogP contribution is -2.22. The van der Waals surface area contributed by atoms with E-state index >= 15 is 0 Å². The van der Waals surface area contributed by atoms with Gasteiger partial charge in [0.15, 0.2) is 5.44 Å². The Labute approximate surface area is 76.6 Å². The van der Waals surface area contributed by atoms with Crippen LogP contribution < -0.4 is 0 Å². The van der Waals surface area contributed by atoms with Crippen molar-refractivity contribution in [3.05, 3.63) is 35.9 Å². The number of rotatable bonds is 3. The standard InChI is InChI=1S/C8H10O4S/c9-8(13(10,11)12)6-7-4-2-1-3-5-7/h1-5,8-9H,6H2,(H,10,11,12)/t8-/m1/s1. The molecule has 0 spiro atoms. The molecule has 0 aliphatic carbocycles. The maximum Gasteiger partial charge on any atom is 0.292 e. The summed E-state index contributed by atoms with van der Waals surface area (Å²) in [5.41, 5.74) is -1.08. The van der Waals surface area contributed by atoms with Gasteiger partial charge in [0.05, 0.1) is 0 Å². The molecule has 1 aromatic rings. The fourth-order valence-electron chi connectivity index (χ4n) is 0.921. The molecule has 0 saturated heterocycles. The highest BCUT2D eigenvalue weighted by Crippen LogP contribution is 2.06. The van der Waals surface area contributed by atoms with Gasteiger partial charge in [-0.3, -0.25) is 4.55 Å². The molecule has 0 aliphatic heterocycles. The summed E-state index contributed by atoms with van der Waals surface area (Å²) in [6.07, 6.45) is -0.0975. The first kappa shape index (κ1) is 10.2. The Hall–Kier alpha value is -0.910. The molecule has 0 amide bonds. The van der Waals surface area contributed by atoms with E-state index in [0.717, 1.165) is 0 Å². The number of hydrogen-bond donors (Lipinski definition) is 2. The third-order valence-corrected chi connectivity index (χ3v) is 2.45. The quantitative estimate of drug-likeness (QED) is 0.697. The third-order valence-electron chi connectivity index (χ3n) is 1.60. The van der Waals surface area contributed by atoms with Crippen LogP contribution >= 0.6 is 0 Å². The van der Waals surface area contributed by atoms with Crippen molar-refractivity contribution in [3.63, 3.8) is 0 Å². The van der Waals surface area contributed by atoms with Gasteiger partial charge in [0.2, 0.25) is 0 Å². The predicted molar refractivity (Wildman–Crippen MR) is 47.7 cm³/mol. The van der Waals surface area contributed by atoms with E-state index in [1.165, 1.54) is 0 Å². The van der Waals surface area contributed by atoms with Gasteiger partial charge in [0.1, 0.15) is 0 Å². The topological polar surface area (TPSA) is 74.6 Å². The smallest absolute Gasteiger partial charge is 0.292 e. The molecule has 0 saturated carbocycles. The van der Waals surface area contributed by atoms with Gasteiger partial charge in [-0.15, -0.1) is 0 Å². The van der Waals surface area contributed by atoms with Crippen molar-refractivity contribution >= 4 is 10.1 Å². The summed E-state index contributed by atoms with van der Waals surface area (Å²) in [5, 5.41) is 9.00. The SMILES string of the molecule is O=S(=O)(O)[C@@H](O)Cc1ccccc1. The minimum Gasteiger partial charge on any atom is -0.375 e. The Morgan fingerprint density at radius 1 is 1.23 bits per heavy atom. The molecule has 4 nitrogen and oxygen atoms in total. The van der Waals surface area contributed by atoms with E-state index < -0.39 is 15.6 Å². The Morgan fingerprint density at radius 3 is 2.23 bits per heavy atom. The fourth-order valence-corrected chi connectivity index (χ4v) is 1.32. The summed E-state index contributed by atoms with van der Waals surface area (Å²) in [6.45, 7) is 0. The zero-order chi connectivity index (χ0) is 9.90. The van der Waals surface area contributed by atoms with Crippen molar-refractivity contribution in [2.24, 2.45) is 0 Å². The molecular formula is C8H10O4S. The summed E-state index contributed by atoms with van der Waals surface area (Å²) in [6, 6.07) is 8.59. The summed E-state index contributed by atoms with van der Waals surface area (Å²) < 4.78 is 29.4. The van der Waals surface area contributed by atoms with Gasteiger partial charge in [0.25, 0.3) is 10.1 Å². The molecule has 0 unspecified atom stereocenters. The molecule has 1 rings (SSSR count). The van der Waals surface area contributed by atoms with Gasteiger partial charge in [-0.1, -0.05) is 30.3 Å². The van der Waals surface area contributed by atoms with Crippen molar-refractivity contribution in [2.45, 2.75) is 11.9 Å². The van der Waals surface area contributed by atoms with Crippen LogP contribution in [0.4, 0.5) is 0 Å². The molecular weight excluding hydrogens is 192 g/mol. The van der Waals surface area contributed by atoms with Crippen LogP contribution in [0.1, 0.15) is 5.56 Å². The molecule has 0 fully saturated rings. The minimum absolute atomic E-state index is 0.0975. The van der Waals surface area contributed by atoms with E-state index in [0.29, 0.717) is 5.56 Å². The van der Waals surface area contributed by atoms with Crippen LogP contribution in [0.2, 0.25) is 0 Å². The molecule has 1 atom stereocenters. The third kappa shape index (κ3) is 3.14. The van der Waals surface area contributed by atoms with Crippen LogP contribution in [0.25, 0.3) is 0 Å². The van der Waals surface area contributed by atoms with Crippen molar-refractivity contribution < 1.29 is 18.1 Å². The van der Waals surface area contributed by atoms with Gasteiger partial charge in [-0.2, -0.15) is 8.42 Å². The van der Waals surface area contributed by atoms with Crippen LogP contribution in [0.5, 0.6) is 0 Å². The lowest BCUT2D eigenvalue weighted by molar-refractivity contribution is 0.234. The zero-order valence-corrected chi connectivity index (χ0v) is 7.61. The molecule has 0 radical (unpaired) electrons. The largest absolute Gasteiger partial charge is 0.375 e. The van der Waals surface area contributed by atoms with Crippen LogP contribution in [0.3, 0.4) is 0 Å². The highest BCUT2D eigenvalue weighted by atomic mass is 32.2. The summed E-state index contributed by atoms with van der Waals surface area (Å²) in [5.74, 6) is 0. The van der Waals surface area contributed by atoms with E-state index in [-0.39, 0.29) is 6.42 Å². The van der Waals surface area contributed by atoms with Crippen molar-refractivity contribution in [1.29, 1.82) is 0 Å². The van der Waals surface area contributed by atoms with Crippen molar-refractivity contribution in [2.75, 3.05) is 0 Å². The Balaban J connectivity index is 2.72. The molecule has 0 aliphatic rings. The molecule has 0 bridgehead atoms. The highest BCUT2D eigenvalue weighted by molar-refractivity contribution is 7.86. The number of aliphatic hydroxyl groups is 1.